The molecule has 1 aromatic rings. The average molecular weight is 322 g/mol. The first kappa shape index (κ1) is 17.1. The van der Waals surface area contributed by atoms with Gasteiger partial charge in [0.2, 0.25) is 0 Å². The number of rotatable bonds is 8. The zero-order valence-corrected chi connectivity index (χ0v) is 12.9. The van der Waals surface area contributed by atoms with Crippen molar-refractivity contribution in [2.24, 2.45) is 0 Å². The van der Waals surface area contributed by atoms with Crippen LogP contribution in [0, 0.1) is 5.82 Å². The minimum absolute atomic E-state index is 0.162. The van der Waals surface area contributed by atoms with Crippen molar-refractivity contribution in [3.8, 4) is 0 Å². The van der Waals surface area contributed by atoms with Gasteiger partial charge in [0.25, 0.3) is 0 Å². The molecule has 0 amide bonds. The third-order valence-corrected chi connectivity index (χ3v) is 3.27. The minimum atomic E-state index is -0.458. The van der Waals surface area contributed by atoms with Crippen LogP contribution in [0.25, 0.3) is 0 Å². The Hall–Kier alpha value is -1.00. The molecule has 1 aromatic carbocycles. The summed E-state index contributed by atoms with van der Waals surface area (Å²) >= 11 is 11.8. The summed E-state index contributed by atoms with van der Waals surface area (Å²) < 4.78 is 17.8. The third-order valence-electron chi connectivity index (χ3n) is 2.67. The van der Waals surface area contributed by atoms with Crippen LogP contribution in [-0.4, -0.2) is 19.1 Å². The Morgan fingerprint density at radius 3 is 2.50 bits per heavy atom. The smallest absolute Gasteiger partial charge is 0.305 e. The molecule has 0 spiro atoms. The van der Waals surface area contributed by atoms with Gasteiger partial charge in [-0.1, -0.05) is 29.6 Å². The molecule has 0 aromatic heterocycles. The van der Waals surface area contributed by atoms with Gasteiger partial charge in [0.05, 0.1) is 22.3 Å². The predicted octanol–water partition coefficient (Wildman–Crippen LogP) is 4.67. The third kappa shape index (κ3) is 5.97. The van der Waals surface area contributed by atoms with Gasteiger partial charge in [-0.25, -0.2) is 4.39 Å². The quantitative estimate of drug-likeness (QED) is 0.558. The average Bonchev–Trinajstić information content (AvgIpc) is 2.36. The van der Waals surface area contributed by atoms with E-state index < -0.39 is 5.82 Å². The highest BCUT2D eigenvalue weighted by molar-refractivity contribution is 6.39. The zero-order valence-electron chi connectivity index (χ0n) is 11.3. The summed E-state index contributed by atoms with van der Waals surface area (Å²) in [4.78, 5) is 11.1. The summed E-state index contributed by atoms with van der Waals surface area (Å²) in [5, 5.41) is 3.61. The summed E-state index contributed by atoms with van der Waals surface area (Å²) in [7, 11) is 0. The zero-order chi connectivity index (χ0) is 15.0. The molecule has 0 saturated heterocycles. The fraction of sp³-hybridized carbons (Fsp3) is 0.500. The van der Waals surface area contributed by atoms with Crippen LogP contribution in [0.1, 0.15) is 32.6 Å². The topological polar surface area (TPSA) is 38.3 Å². The van der Waals surface area contributed by atoms with Crippen molar-refractivity contribution in [2.75, 3.05) is 18.5 Å². The van der Waals surface area contributed by atoms with Crippen LogP contribution >= 0.6 is 23.2 Å². The van der Waals surface area contributed by atoms with Crippen LogP contribution in [0.15, 0.2) is 12.1 Å². The number of hydrogen-bond acceptors (Lipinski definition) is 3. The minimum Gasteiger partial charge on any atom is -0.466 e. The molecule has 0 unspecified atom stereocenters. The van der Waals surface area contributed by atoms with Crippen molar-refractivity contribution < 1.29 is 13.9 Å². The molecule has 0 saturated carbocycles. The lowest BCUT2D eigenvalue weighted by molar-refractivity contribution is -0.143. The second-order valence-electron chi connectivity index (χ2n) is 4.29. The molecule has 0 atom stereocenters. The summed E-state index contributed by atoms with van der Waals surface area (Å²) in [6.45, 7) is 2.87. The Morgan fingerprint density at radius 1 is 1.25 bits per heavy atom. The summed E-state index contributed by atoms with van der Waals surface area (Å²) in [6, 6.07) is 2.44. The lowest BCUT2D eigenvalue weighted by Crippen LogP contribution is -2.05. The number of carbonyl (C=O) groups excluding carboxylic acids is 1. The van der Waals surface area contributed by atoms with Crippen LogP contribution < -0.4 is 5.32 Å². The Morgan fingerprint density at radius 2 is 1.90 bits per heavy atom. The number of carbonyl (C=O) groups is 1. The van der Waals surface area contributed by atoms with Crippen molar-refractivity contribution in [1.82, 2.24) is 0 Å². The van der Waals surface area contributed by atoms with Gasteiger partial charge in [0.15, 0.2) is 0 Å². The van der Waals surface area contributed by atoms with E-state index in [4.69, 9.17) is 27.9 Å². The van der Waals surface area contributed by atoms with E-state index in [9.17, 15) is 9.18 Å². The number of anilines is 1. The van der Waals surface area contributed by atoms with E-state index in [-0.39, 0.29) is 16.0 Å². The van der Waals surface area contributed by atoms with Gasteiger partial charge >= 0.3 is 5.97 Å². The fourth-order valence-corrected chi connectivity index (χ4v) is 2.32. The number of esters is 1. The Bertz CT molecular complexity index is 432. The summed E-state index contributed by atoms with van der Waals surface area (Å²) in [6.07, 6.45) is 2.98. The van der Waals surface area contributed by atoms with Gasteiger partial charge in [-0.15, -0.1) is 0 Å². The lowest BCUT2D eigenvalue weighted by Gasteiger charge is -2.10. The Labute approximate surface area is 128 Å². The lowest BCUT2D eigenvalue weighted by atomic mass is 10.2. The number of nitrogens with one attached hydrogen (secondary N) is 1. The van der Waals surface area contributed by atoms with Gasteiger partial charge in [-0.2, -0.15) is 0 Å². The molecule has 0 heterocycles. The summed E-state index contributed by atoms with van der Waals surface area (Å²) in [5.41, 5.74) is 0.542. The van der Waals surface area contributed by atoms with Crippen molar-refractivity contribution >= 4 is 34.9 Å². The predicted molar refractivity (Wildman–Crippen MR) is 80.0 cm³/mol. The van der Waals surface area contributed by atoms with Crippen molar-refractivity contribution in [2.45, 2.75) is 32.6 Å². The van der Waals surface area contributed by atoms with Gasteiger partial charge in [0.1, 0.15) is 5.82 Å². The maximum atomic E-state index is 13.0. The van der Waals surface area contributed by atoms with Gasteiger partial charge in [-0.05, 0) is 31.9 Å². The summed E-state index contributed by atoms with van der Waals surface area (Å²) in [5.74, 6) is -0.620. The highest BCUT2D eigenvalue weighted by Crippen LogP contribution is 2.31. The molecule has 0 aliphatic heterocycles. The molecule has 0 aliphatic carbocycles. The Balaban J connectivity index is 2.23. The number of unbranched alkanes of at least 4 members (excludes halogenated alkanes) is 2. The highest BCUT2D eigenvalue weighted by Gasteiger charge is 2.07. The van der Waals surface area contributed by atoms with E-state index in [0.29, 0.717) is 25.3 Å². The fourth-order valence-electron chi connectivity index (χ4n) is 1.73. The van der Waals surface area contributed by atoms with Crippen molar-refractivity contribution in [3.63, 3.8) is 0 Å². The molecule has 0 aliphatic rings. The monoisotopic (exact) mass is 321 g/mol. The van der Waals surface area contributed by atoms with Crippen molar-refractivity contribution in [1.29, 1.82) is 0 Å². The van der Waals surface area contributed by atoms with Crippen LogP contribution in [-0.2, 0) is 9.53 Å². The SMILES string of the molecule is CCOC(=O)CCCCCNc1c(Cl)cc(F)cc1Cl. The van der Waals surface area contributed by atoms with E-state index in [2.05, 4.69) is 5.32 Å². The number of ether oxygens (including phenoxy) is 1. The van der Waals surface area contributed by atoms with E-state index in [1.165, 1.54) is 12.1 Å². The molecular weight excluding hydrogens is 304 g/mol. The maximum Gasteiger partial charge on any atom is 0.305 e. The van der Waals surface area contributed by atoms with Crippen LogP contribution in [0.5, 0.6) is 0 Å². The first-order valence-electron chi connectivity index (χ1n) is 6.58. The van der Waals surface area contributed by atoms with E-state index in [0.717, 1.165) is 19.3 Å². The van der Waals surface area contributed by atoms with Gasteiger partial charge in [-0.3, -0.25) is 4.79 Å². The number of benzene rings is 1. The first-order valence-corrected chi connectivity index (χ1v) is 7.34. The molecule has 20 heavy (non-hydrogen) atoms. The Kier molecular flexibility index (Phi) is 7.70. The molecule has 0 radical (unpaired) electrons. The number of halogens is 3. The van der Waals surface area contributed by atoms with Crippen LogP contribution in [0.3, 0.4) is 0 Å². The van der Waals surface area contributed by atoms with E-state index in [1.807, 2.05) is 0 Å². The molecule has 6 heteroatoms. The molecule has 1 rings (SSSR count). The molecule has 0 fully saturated rings. The highest BCUT2D eigenvalue weighted by atomic mass is 35.5. The van der Waals surface area contributed by atoms with Gasteiger partial charge < -0.3 is 10.1 Å². The molecule has 1 N–H and O–H groups in total. The maximum absolute atomic E-state index is 13.0. The van der Waals surface area contributed by atoms with E-state index in [1.54, 1.807) is 6.92 Å². The molecule has 112 valence electrons. The standard InChI is InChI=1S/C14H18Cl2FNO2/c1-2-20-13(19)6-4-3-5-7-18-14-11(15)8-10(17)9-12(14)16/h8-9,18H,2-7H2,1H3. The largest absolute Gasteiger partial charge is 0.466 e. The molecule has 3 nitrogen and oxygen atoms in total. The first-order chi connectivity index (χ1) is 9.54. The van der Waals surface area contributed by atoms with E-state index >= 15 is 0 Å². The molecule has 0 bridgehead atoms. The van der Waals surface area contributed by atoms with Crippen molar-refractivity contribution in [3.05, 3.63) is 28.0 Å². The second-order valence-corrected chi connectivity index (χ2v) is 5.10. The number of hydrogen-bond donors (Lipinski definition) is 1. The van der Waals surface area contributed by atoms with Crippen LogP contribution in [0.2, 0.25) is 10.0 Å². The normalized spacial score (nSPS) is 10.4. The van der Waals surface area contributed by atoms with Gasteiger partial charge in [0, 0.05) is 13.0 Å². The molecular formula is C14H18Cl2FNO2. The van der Waals surface area contributed by atoms with Crippen LogP contribution in [0.4, 0.5) is 10.1 Å². The second kappa shape index (κ2) is 9.03.